The molecule has 0 spiro atoms. The molecule has 1 amide bonds. The van der Waals surface area contributed by atoms with Crippen molar-refractivity contribution in [3.8, 4) is 0 Å². The molecule has 0 fully saturated rings. The van der Waals surface area contributed by atoms with E-state index in [1.54, 1.807) is 42.2 Å². The molecule has 1 heterocycles. The predicted molar refractivity (Wildman–Crippen MR) is 152 cm³/mol. The van der Waals surface area contributed by atoms with Gasteiger partial charge in [-0.05, 0) is 76.4 Å². The summed E-state index contributed by atoms with van der Waals surface area (Å²) in [5, 5.41) is 8.11. The monoisotopic (exact) mass is 558 g/mol. The number of rotatable bonds is 10. The van der Waals surface area contributed by atoms with Gasteiger partial charge in [0, 0.05) is 55.4 Å². The largest absolute Gasteiger partial charge is 0.416 e. The van der Waals surface area contributed by atoms with E-state index in [1.165, 1.54) is 11.2 Å². The Balaban J connectivity index is 1.85. The summed E-state index contributed by atoms with van der Waals surface area (Å²) in [6.45, 7) is 5.42. The lowest BCUT2D eigenvalue weighted by Crippen LogP contribution is -2.28. The number of carbonyl (C=O) groups is 1. The molecule has 0 aliphatic heterocycles. The molecule has 0 aliphatic carbocycles. The van der Waals surface area contributed by atoms with Gasteiger partial charge in [0.25, 0.3) is 5.91 Å². The van der Waals surface area contributed by atoms with Crippen LogP contribution in [0.3, 0.4) is 0 Å². The van der Waals surface area contributed by atoms with Crippen LogP contribution >= 0.6 is 0 Å². The zero-order valence-corrected chi connectivity index (χ0v) is 23.7. The van der Waals surface area contributed by atoms with Crippen LogP contribution in [0.4, 0.5) is 24.5 Å². The predicted octanol–water partition coefficient (Wildman–Crippen LogP) is 3.94. The van der Waals surface area contributed by atoms with E-state index in [0.29, 0.717) is 30.0 Å². The first-order valence-electron chi connectivity index (χ1n) is 12.6. The Labute approximate surface area is 232 Å². The van der Waals surface area contributed by atoms with Gasteiger partial charge >= 0.3 is 6.18 Å². The molecule has 40 heavy (non-hydrogen) atoms. The van der Waals surface area contributed by atoms with Crippen molar-refractivity contribution in [1.82, 2.24) is 19.6 Å². The third kappa shape index (κ3) is 7.84. The first-order valence-corrected chi connectivity index (χ1v) is 12.6. The number of benzene rings is 2. The Morgan fingerprint density at radius 1 is 1.10 bits per heavy atom. The topological polar surface area (TPSA) is 109 Å². The summed E-state index contributed by atoms with van der Waals surface area (Å²) >= 11 is 0. The van der Waals surface area contributed by atoms with E-state index < -0.39 is 17.6 Å². The lowest BCUT2D eigenvalue weighted by Gasteiger charge is -2.21. The molecule has 0 aliphatic rings. The number of nitrogens with zero attached hydrogens (tertiary/aromatic N) is 5. The van der Waals surface area contributed by atoms with Crippen LogP contribution in [0.1, 0.15) is 38.3 Å². The summed E-state index contributed by atoms with van der Waals surface area (Å²) in [7, 11) is 7.50. The van der Waals surface area contributed by atoms with Crippen molar-refractivity contribution in [3.05, 3.63) is 82.3 Å². The number of hydrazine groups is 1. The average molecular weight is 559 g/mol. The van der Waals surface area contributed by atoms with E-state index in [2.05, 4.69) is 10.4 Å². The van der Waals surface area contributed by atoms with Crippen molar-refractivity contribution < 1.29 is 18.0 Å². The zero-order chi connectivity index (χ0) is 29.8. The highest BCUT2D eigenvalue weighted by Crippen LogP contribution is 2.32. The molecule has 2 aromatic carbocycles. The van der Waals surface area contributed by atoms with Crippen LogP contribution in [0.15, 0.2) is 48.8 Å². The number of nitrogens with one attached hydrogen (secondary N) is 1. The van der Waals surface area contributed by atoms with E-state index in [4.69, 9.17) is 11.6 Å². The van der Waals surface area contributed by atoms with Gasteiger partial charge in [0.15, 0.2) is 0 Å². The van der Waals surface area contributed by atoms with Gasteiger partial charge in [-0.3, -0.25) is 14.5 Å². The van der Waals surface area contributed by atoms with Crippen LogP contribution < -0.4 is 21.9 Å². The number of likely N-dealkylation sites (N-methyl/N-ethyl adjacent to an activating group) is 2. The molecule has 0 radical (unpaired) electrons. The number of amides is 1. The number of aromatic nitrogens is 2. The quantitative estimate of drug-likeness (QED) is 0.256. The van der Waals surface area contributed by atoms with E-state index in [0.717, 1.165) is 35.5 Å². The van der Waals surface area contributed by atoms with Gasteiger partial charge in [-0.1, -0.05) is 6.07 Å². The molecule has 9 nitrogen and oxygen atoms in total. The Morgan fingerprint density at radius 2 is 1.80 bits per heavy atom. The molecule has 0 unspecified atom stereocenters. The van der Waals surface area contributed by atoms with Gasteiger partial charge in [0.1, 0.15) is 0 Å². The van der Waals surface area contributed by atoms with Gasteiger partial charge in [-0.2, -0.15) is 18.3 Å². The molecule has 1 aromatic heterocycles. The molecule has 216 valence electrons. The minimum absolute atomic E-state index is 0.0544. The molecule has 3 aromatic rings. The molecular formula is C28H37F3N8O. The molecule has 5 N–H and O–H groups in total. The van der Waals surface area contributed by atoms with Crippen molar-refractivity contribution in [1.29, 1.82) is 0 Å². The first-order chi connectivity index (χ1) is 18.6. The number of halogens is 3. The zero-order valence-electron chi connectivity index (χ0n) is 23.7. The van der Waals surface area contributed by atoms with Gasteiger partial charge in [0.2, 0.25) is 0 Å². The van der Waals surface area contributed by atoms with E-state index in [-0.39, 0.29) is 11.3 Å². The molecule has 0 atom stereocenters. The van der Waals surface area contributed by atoms with Crippen LogP contribution in [0.5, 0.6) is 0 Å². The van der Waals surface area contributed by atoms with Gasteiger partial charge < -0.3 is 20.9 Å². The third-order valence-corrected chi connectivity index (χ3v) is 6.53. The maximum Gasteiger partial charge on any atom is 0.416 e. The summed E-state index contributed by atoms with van der Waals surface area (Å²) in [4.78, 5) is 17.1. The second-order valence-electron chi connectivity index (χ2n) is 10.2. The summed E-state index contributed by atoms with van der Waals surface area (Å²) in [5.41, 5.74) is 9.37. The number of nitrogens with two attached hydrogens (primary N) is 2. The molecule has 0 bridgehead atoms. The summed E-state index contributed by atoms with van der Waals surface area (Å²) in [6, 6.07) is 8.46. The number of alkyl halides is 3. The van der Waals surface area contributed by atoms with E-state index in [9.17, 15) is 18.0 Å². The van der Waals surface area contributed by atoms with Crippen molar-refractivity contribution in [2.45, 2.75) is 26.6 Å². The van der Waals surface area contributed by atoms with Crippen LogP contribution in [0.2, 0.25) is 0 Å². The Bertz CT molecular complexity index is 1380. The molecular weight excluding hydrogens is 521 g/mol. The normalized spacial score (nSPS) is 12.3. The first kappa shape index (κ1) is 30.7. The van der Waals surface area contributed by atoms with Crippen LogP contribution in [0.25, 0.3) is 5.70 Å². The second-order valence-corrected chi connectivity index (χ2v) is 10.2. The number of carbonyl (C=O) groups excluding carboxylic acids is 1. The number of hydrogen-bond acceptors (Lipinski definition) is 7. The Hall–Kier alpha value is -3.87. The Morgan fingerprint density at radius 3 is 2.40 bits per heavy atom. The maximum absolute atomic E-state index is 13.7. The Kier molecular flexibility index (Phi) is 9.61. The van der Waals surface area contributed by atoms with E-state index in [1.807, 2.05) is 44.8 Å². The van der Waals surface area contributed by atoms with Gasteiger partial charge in [-0.25, -0.2) is 5.84 Å². The fraction of sp³-hybridized carbons (Fsp3) is 0.357. The number of hydrogen-bond donors (Lipinski definition) is 3. The third-order valence-electron chi connectivity index (χ3n) is 6.53. The van der Waals surface area contributed by atoms with Crippen LogP contribution in [-0.4, -0.2) is 59.7 Å². The van der Waals surface area contributed by atoms with Crippen molar-refractivity contribution >= 4 is 23.0 Å². The van der Waals surface area contributed by atoms with Crippen molar-refractivity contribution in [2.24, 2.45) is 18.6 Å². The van der Waals surface area contributed by atoms with Crippen molar-refractivity contribution in [3.63, 3.8) is 0 Å². The highest BCUT2D eigenvalue weighted by atomic mass is 19.4. The smallest absolute Gasteiger partial charge is 0.397 e. The van der Waals surface area contributed by atoms with Crippen LogP contribution in [-0.2, 0) is 19.8 Å². The molecule has 3 rings (SSSR count). The molecule has 12 heteroatoms. The van der Waals surface area contributed by atoms with E-state index >= 15 is 0 Å². The number of aryl methyl sites for hydroxylation is 2. The lowest BCUT2D eigenvalue weighted by molar-refractivity contribution is -0.137. The van der Waals surface area contributed by atoms with Crippen molar-refractivity contribution in [2.75, 3.05) is 44.6 Å². The van der Waals surface area contributed by atoms with Crippen LogP contribution in [0, 0.1) is 13.8 Å². The lowest BCUT2D eigenvalue weighted by atomic mass is 10.1. The minimum Gasteiger partial charge on any atom is -0.397 e. The fourth-order valence-electron chi connectivity index (χ4n) is 4.08. The summed E-state index contributed by atoms with van der Waals surface area (Å²) < 4.78 is 42.7. The standard InChI is InChI=1S/C28H37F3N8O/c1-18-7-8-21(13-26(18)39(33)17-25(32)24-15-34-38(6)19(24)2)27(40)35-23-12-20(11-22(14-23)28(29,30)31)16-37(5)10-9-36(3)4/h7-8,11-15,17H,9-10,16,32-33H2,1-6H3,(H,35,40)/b25-17-. The maximum atomic E-state index is 13.7. The molecule has 0 saturated carbocycles. The SMILES string of the molecule is Cc1ccc(C(=O)Nc2cc(CN(C)CCN(C)C)cc(C(F)(F)F)c2)cc1N(N)/C=C(\N)c1cnn(C)c1C. The minimum atomic E-state index is -4.56. The fourth-order valence-corrected chi connectivity index (χ4v) is 4.08. The van der Waals surface area contributed by atoms with Gasteiger partial charge in [0.05, 0.1) is 23.1 Å². The molecule has 0 saturated heterocycles. The number of anilines is 2. The summed E-state index contributed by atoms with van der Waals surface area (Å²) in [6.07, 6.45) is -1.40. The van der Waals surface area contributed by atoms with Gasteiger partial charge in [-0.15, -0.1) is 0 Å². The average Bonchev–Trinajstić information content (AvgIpc) is 3.20. The highest BCUT2D eigenvalue weighted by molar-refractivity contribution is 6.05. The second kappa shape index (κ2) is 12.5. The summed E-state index contributed by atoms with van der Waals surface area (Å²) in [5.74, 6) is 5.71. The highest BCUT2D eigenvalue weighted by Gasteiger charge is 2.31.